The molecule has 1 aliphatic rings. The zero-order chi connectivity index (χ0) is 14.0. The molecule has 1 unspecified atom stereocenters. The van der Waals surface area contributed by atoms with Gasteiger partial charge in [0.05, 0.1) is 13.1 Å². The maximum atomic E-state index is 2.55. The molecule has 110 valence electrons. The second-order valence-electron chi connectivity index (χ2n) is 6.09. The van der Waals surface area contributed by atoms with Gasteiger partial charge in [0, 0.05) is 11.6 Å². The van der Waals surface area contributed by atoms with Crippen LogP contribution in [0.15, 0.2) is 24.0 Å². The third-order valence-electron chi connectivity index (χ3n) is 4.18. The van der Waals surface area contributed by atoms with Crippen LogP contribution >= 0.6 is 0 Å². The van der Waals surface area contributed by atoms with Crippen molar-refractivity contribution in [1.29, 1.82) is 0 Å². The topological polar surface area (TPSA) is 0 Å². The number of nitrogens with zero attached hydrogens (tertiary/aromatic N) is 1. The third kappa shape index (κ3) is 5.95. The van der Waals surface area contributed by atoms with E-state index in [1.165, 1.54) is 70.9 Å². The predicted molar refractivity (Wildman–Crippen MR) is 85.8 cm³/mol. The molecule has 1 rings (SSSR count). The summed E-state index contributed by atoms with van der Waals surface area (Å²) in [5, 5.41) is 0. The molecule has 0 spiro atoms. The molecule has 0 aliphatic carbocycles. The summed E-state index contributed by atoms with van der Waals surface area (Å²) in [6, 6.07) is 0. The Balaban J connectivity index is 2.52. The van der Waals surface area contributed by atoms with Gasteiger partial charge in [-0.25, -0.2) is 0 Å². The highest BCUT2D eigenvalue weighted by molar-refractivity contribution is 5.19. The first-order chi connectivity index (χ1) is 9.26. The van der Waals surface area contributed by atoms with Crippen LogP contribution in [-0.2, 0) is 0 Å². The normalized spacial score (nSPS) is 21.9. The Morgan fingerprint density at radius 2 is 1.47 bits per heavy atom. The number of hydrogen-bond donors (Lipinski definition) is 0. The molecule has 0 N–H and O–H groups in total. The van der Waals surface area contributed by atoms with Gasteiger partial charge in [-0.1, -0.05) is 46.5 Å². The van der Waals surface area contributed by atoms with Crippen molar-refractivity contribution < 1.29 is 4.48 Å². The minimum absolute atomic E-state index is 1.14. The predicted octanol–water partition coefficient (Wildman–Crippen LogP) is 5.79. The lowest BCUT2D eigenvalue weighted by Crippen LogP contribution is -2.37. The van der Waals surface area contributed by atoms with Gasteiger partial charge in [-0.3, -0.25) is 4.48 Å². The summed E-state index contributed by atoms with van der Waals surface area (Å²) in [7, 11) is 0. The van der Waals surface area contributed by atoms with Crippen LogP contribution in [0.1, 0.15) is 78.6 Å². The fraction of sp³-hybridized carbons (Fsp3) is 0.778. The van der Waals surface area contributed by atoms with Crippen LogP contribution in [0.4, 0.5) is 0 Å². The maximum absolute atomic E-state index is 2.55. The van der Waals surface area contributed by atoms with E-state index in [2.05, 4.69) is 39.2 Å². The van der Waals surface area contributed by atoms with Crippen molar-refractivity contribution in [3.05, 3.63) is 24.0 Å². The van der Waals surface area contributed by atoms with Gasteiger partial charge < -0.3 is 0 Å². The summed E-state index contributed by atoms with van der Waals surface area (Å²) >= 11 is 0. The van der Waals surface area contributed by atoms with Crippen molar-refractivity contribution in [3.63, 3.8) is 0 Å². The molecule has 0 fully saturated rings. The summed E-state index contributed by atoms with van der Waals surface area (Å²) in [6.45, 7) is 9.49. The van der Waals surface area contributed by atoms with Crippen LogP contribution in [0.5, 0.6) is 0 Å². The molecule has 0 aromatic heterocycles. The lowest BCUT2D eigenvalue weighted by atomic mass is 10.1. The summed E-state index contributed by atoms with van der Waals surface area (Å²) < 4.78 is 1.14. The number of unbranched alkanes of at least 4 members (excludes halogenated alkanes) is 5. The summed E-state index contributed by atoms with van der Waals surface area (Å²) in [6.07, 6.45) is 19.5. The number of quaternary nitrogens is 1. The Kier molecular flexibility index (Phi) is 8.13. The third-order valence-corrected chi connectivity index (χ3v) is 4.18. The Bertz CT molecular complexity index is 290. The average Bonchev–Trinajstić information content (AvgIpc) is 2.83. The first kappa shape index (κ1) is 16.5. The average molecular weight is 264 g/mol. The summed E-state index contributed by atoms with van der Waals surface area (Å²) in [4.78, 5) is 0. The Labute approximate surface area is 121 Å². The quantitative estimate of drug-likeness (QED) is 0.327. The maximum Gasteiger partial charge on any atom is 0.104 e. The van der Waals surface area contributed by atoms with Crippen LogP contribution in [-0.4, -0.2) is 17.6 Å². The van der Waals surface area contributed by atoms with Crippen molar-refractivity contribution in [2.45, 2.75) is 78.6 Å². The van der Waals surface area contributed by atoms with E-state index in [4.69, 9.17) is 0 Å². The van der Waals surface area contributed by atoms with Crippen molar-refractivity contribution in [1.82, 2.24) is 0 Å². The molecular formula is C18H34N+. The van der Waals surface area contributed by atoms with Gasteiger partial charge in [-0.05, 0) is 32.1 Å². The second-order valence-corrected chi connectivity index (χ2v) is 6.09. The van der Waals surface area contributed by atoms with E-state index in [0.29, 0.717) is 0 Å². The monoisotopic (exact) mass is 264 g/mol. The van der Waals surface area contributed by atoms with E-state index >= 15 is 0 Å². The van der Waals surface area contributed by atoms with E-state index in [9.17, 15) is 0 Å². The molecule has 0 saturated carbocycles. The summed E-state index contributed by atoms with van der Waals surface area (Å²) in [5.41, 5.74) is 1.58. The molecule has 0 bridgehead atoms. The van der Waals surface area contributed by atoms with E-state index in [1.807, 2.05) is 0 Å². The number of allylic oxidation sites excluding steroid dienone is 2. The SMILES string of the molecule is CCCCCC[N+]1(CCCC)C=CC(CCCC)=C1. The minimum Gasteiger partial charge on any atom is -0.271 e. The largest absolute Gasteiger partial charge is 0.271 e. The molecule has 1 heteroatoms. The van der Waals surface area contributed by atoms with Crippen LogP contribution in [0, 0.1) is 0 Å². The highest BCUT2D eigenvalue weighted by Crippen LogP contribution is 2.26. The zero-order valence-electron chi connectivity index (χ0n) is 13.5. The standard InChI is InChI=1S/C18H34N/c1-4-7-10-11-15-19(14-9-6-3)16-13-18(17-19)12-8-5-2/h13,16-17H,4-12,14-15H2,1-3H3/q+1. The smallest absolute Gasteiger partial charge is 0.104 e. The van der Waals surface area contributed by atoms with Gasteiger partial charge in [-0.15, -0.1) is 0 Å². The van der Waals surface area contributed by atoms with E-state index in [1.54, 1.807) is 5.57 Å². The lowest BCUT2D eigenvalue weighted by Gasteiger charge is -2.29. The Morgan fingerprint density at radius 3 is 2.16 bits per heavy atom. The highest BCUT2D eigenvalue weighted by atomic mass is 15.3. The van der Waals surface area contributed by atoms with Gasteiger partial charge in [0.15, 0.2) is 0 Å². The van der Waals surface area contributed by atoms with Crippen LogP contribution in [0.2, 0.25) is 0 Å². The molecule has 0 amide bonds. The lowest BCUT2D eigenvalue weighted by molar-refractivity contribution is -0.826. The molecule has 1 nitrogen and oxygen atoms in total. The van der Waals surface area contributed by atoms with Crippen molar-refractivity contribution >= 4 is 0 Å². The first-order valence-corrected chi connectivity index (χ1v) is 8.53. The van der Waals surface area contributed by atoms with Gasteiger partial charge in [0.25, 0.3) is 0 Å². The molecule has 0 radical (unpaired) electrons. The molecule has 19 heavy (non-hydrogen) atoms. The van der Waals surface area contributed by atoms with E-state index in [-0.39, 0.29) is 0 Å². The van der Waals surface area contributed by atoms with Gasteiger partial charge >= 0.3 is 0 Å². The van der Waals surface area contributed by atoms with Crippen LogP contribution < -0.4 is 0 Å². The highest BCUT2D eigenvalue weighted by Gasteiger charge is 2.26. The first-order valence-electron chi connectivity index (χ1n) is 8.53. The number of rotatable bonds is 11. The van der Waals surface area contributed by atoms with Gasteiger partial charge in [-0.2, -0.15) is 0 Å². The van der Waals surface area contributed by atoms with Crippen molar-refractivity contribution in [2.75, 3.05) is 13.1 Å². The minimum atomic E-state index is 1.14. The zero-order valence-corrected chi connectivity index (χ0v) is 13.5. The number of hydrogen-bond acceptors (Lipinski definition) is 0. The molecule has 0 saturated heterocycles. The molecule has 0 aromatic rings. The molecule has 1 heterocycles. The van der Waals surface area contributed by atoms with Crippen molar-refractivity contribution in [2.24, 2.45) is 0 Å². The molecule has 1 atom stereocenters. The summed E-state index contributed by atoms with van der Waals surface area (Å²) in [5.74, 6) is 0. The Hall–Kier alpha value is -0.560. The fourth-order valence-electron chi connectivity index (χ4n) is 2.86. The molecular weight excluding hydrogens is 230 g/mol. The van der Waals surface area contributed by atoms with Crippen molar-refractivity contribution in [3.8, 4) is 0 Å². The van der Waals surface area contributed by atoms with Crippen LogP contribution in [0.25, 0.3) is 0 Å². The second kappa shape index (κ2) is 9.36. The molecule has 1 aliphatic heterocycles. The molecule has 0 aromatic carbocycles. The van der Waals surface area contributed by atoms with Gasteiger partial charge in [0.2, 0.25) is 0 Å². The van der Waals surface area contributed by atoms with E-state index < -0.39 is 0 Å². The van der Waals surface area contributed by atoms with E-state index in [0.717, 1.165) is 4.48 Å². The fourth-order valence-corrected chi connectivity index (χ4v) is 2.86. The Morgan fingerprint density at radius 1 is 0.789 bits per heavy atom. The van der Waals surface area contributed by atoms with Gasteiger partial charge in [0.1, 0.15) is 12.4 Å². The van der Waals surface area contributed by atoms with Crippen LogP contribution in [0.3, 0.4) is 0 Å².